The lowest BCUT2D eigenvalue weighted by Gasteiger charge is -2.09. The largest absolute Gasteiger partial charge is 0.354 e. The van der Waals surface area contributed by atoms with E-state index < -0.39 is 4.92 Å². The second kappa shape index (κ2) is 5.91. The Bertz CT molecular complexity index is 806. The van der Waals surface area contributed by atoms with Crippen LogP contribution in [0.4, 0.5) is 17.1 Å². The Hall–Kier alpha value is -3.09. The van der Waals surface area contributed by atoms with Gasteiger partial charge in [-0.2, -0.15) is 10.5 Å². The fourth-order valence-corrected chi connectivity index (χ4v) is 1.91. The van der Waals surface area contributed by atoms with Gasteiger partial charge in [-0.3, -0.25) is 10.1 Å². The van der Waals surface area contributed by atoms with E-state index in [1.54, 1.807) is 18.2 Å². The molecule has 1 N–H and O–H groups in total. The van der Waals surface area contributed by atoms with E-state index in [4.69, 9.17) is 22.1 Å². The molecule has 2 rings (SSSR count). The topological polar surface area (TPSA) is 103 Å². The zero-order valence-electron chi connectivity index (χ0n) is 10.5. The number of hydrogen-bond donors (Lipinski definition) is 1. The Labute approximate surface area is 125 Å². The third-order valence-corrected chi connectivity index (χ3v) is 3.02. The van der Waals surface area contributed by atoms with E-state index >= 15 is 0 Å². The van der Waals surface area contributed by atoms with Crippen molar-refractivity contribution in [2.24, 2.45) is 0 Å². The first-order chi connectivity index (χ1) is 10.0. The Morgan fingerprint density at radius 3 is 2.38 bits per heavy atom. The van der Waals surface area contributed by atoms with Crippen LogP contribution < -0.4 is 5.32 Å². The Kier molecular flexibility index (Phi) is 4.03. The molecule has 0 saturated heterocycles. The number of nitro groups is 1. The Balaban J connectivity index is 2.36. The van der Waals surface area contributed by atoms with Gasteiger partial charge in [0.05, 0.1) is 26.8 Å². The van der Waals surface area contributed by atoms with Gasteiger partial charge in [-0.15, -0.1) is 0 Å². The highest BCUT2D eigenvalue weighted by molar-refractivity contribution is 6.32. The van der Waals surface area contributed by atoms with Crippen LogP contribution in [0.25, 0.3) is 0 Å². The van der Waals surface area contributed by atoms with Crippen molar-refractivity contribution in [2.45, 2.75) is 0 Å². The summed E-state index contributed by atoms with van der Waals surface area (Å²) < 4.78 is 0. The summed E-state index contributed by atoms with van der Waals surface area (Å²) in [5.74, 6) is 0. The molecule has 2 aromatic rings. The van der Waals surface area contributed by atoms with Gasteiger partial charge in [-0.25, -0.2) is 0 Å². The van der Waals surface area contributed by atoms with Gasteiger partial charge < -0.3 is 5.32 Å². The summed E-state index contributed by atoms with van der Waals surface area (Å²) in [6.45, 7) is 0. The molecule has 0 radical (unpaired) electrons. The molecule has 0 bridgehead atoms. The lowest BCUT2D eigenvalue weighted by molar-refractivity contribution is -0.384. The van der Waals surface area contributed by atoms with Gasteiger partial charge in [0.1, 0.15) is 12.1 Å². The van der Waals surface area contributed by atoms with Crippen LogP contribution in [0.3, 0.4) is 0 Å². The van der Waals surface area contributed by atoms with Crippen LogP contribution >= 0.6 is 11.6 Å². The standard InChI is InChI=1S/C14H7ClN4O2/c15-13-6-11(2-1-9(13)7-16)18-14-4-3-12(19(20)21)5-10(14)8-17/h1-6,18H. The van der Waals surface area contributed by atoms with Gasteiger partial charge in [0.25, 0.3) is 5.69 Å². The van der Waals surface area contributed by atoms with E-state index in [9.17, 15) is 10.1 Å². The maximum Gasteiger partial charge on any atom is 0.270 e. The molecule has 0 aliphatic rings. The molecule has 0 atom stereocenters. The zero-order chi connectivity index (χ0) is 15.4. The lowest BCUT2D eigenvalue weighted by Crippen LogP contribution is -1.96. The van der Waals surface area contributed by atoms with Gasteiger partial charge in [0, 0.05) is 17.8 Å². The summed E-state index contributed by atoms with van der Waals surface area (Å²) in [7, 11) is 0. The predicted octanol–water partition coefficient (Wildman–Crippen LogP) is 3.74. The van der Waals surface area contributed by atoms with Gasteiger partial charge in [-0.05, 0) is 24.3 Å². The predicted molar refractivity (Wildman–Crippen MR) is 77.3 cm³/mol. The molecule has 0 unspecified atom stereocenters. The molecule has 0 fully saturated rings. The van der Waals surface area contributed by atoms with E-state index in [2.05, 4.69) is 5.32 Å². The quantitative estimate of drug-likeness (QED) is 0.687. The van der Waals surface area contributed by atoms with Gasteiger partial charge in [0.2, 0.25) is 0 Å². The molecule has 0 aliphatic carbocycles. The number of nitrogens with one attached hydrogen (secondary N) is 1. The number of nitrogens with zero attached hydrogens (tertiary/aromatic N) is 3. The fourth-order valence-electron chi connectivity index (χ4n) is 1.69. The van der Waals surface area contributed by atoms with Crippen molar-refractivity contribution in [3.63, 3.8) is 0 Å². The fraction of sp³-hybridized carbons (Fsp3) is 0. The number of benzene rings is 2. The minimum atomic E-state index is -0.566. The van der Waals surface area contributed by atoms with Crippen molar-refractivity contribution in [3.05, 3.63) is 62.7 Å². The summed E-state index contributed by atoms with van der Waals surface area (Å²) in [4.78, 5) is 10.1. The maximum absolute atomic E-state index is 10.7. The second-order valence-electron chi connectivity index (χ2n) is 4.03. The SMILES string of the molecule is N#Cc1ccc(Nc2ccc([N+](=O)[O-])cc2C#N)cc1Cl. The molecule has 102 valence electrons. The first-order valence-corrected chi connectivity index (χ1v) is 6.08. The molecule has 7 heteroatoms. The average molecular weight is 299 g/mol. The van der Waals surface area contributed by atoms with Crippen LogP contribution in [-0.2, 0) is 0 Å². The van der Waals surface area contributed by atoms with E-state index in [1.165, 1.54) is 18.2 Å². The first-order valence-electron chi connectivity index (χ1n) is 5.70. The third kappa shape index (κ3) is 3.08. The van der Waals surface area contributed by atoms with Gasteiger partial charge >= 0.3 is 0 Å². The van der Waals surface area contributed by atoms with Crippen molar-refractivity contribution in [3.8, 4) is 12.1 Å². The van der Waals surface area contributed by atoms with Crippen molar-refractivity contribution >= 4 is 28.7 Å². The van der Waals surface area contributed by atoms with Crippen LogP contribution in [0.2, 0.25) is 5.02 Å². The number of hydrogen-bond acceptors (Lipinski definition) is 5. The third-order valence-electron chi connectivity index (χ3n) is 2.70. The zero-order valence-corrected chi connectivity index (χ0v) is 11.3. The minimum Gasteiger partial charge on any atom is -0.354 e. The number of halogens is 1. The summed E-state index contributed by atoms with van der Waals surface area (Å²) in [6, 6.07) is 12.5. The Morgan fingerprint density at radius 2 is 1.81 bits per heavy atom. The van der Waals surface area contributed by atoms with E-state index in [0.717, 1.165) is 0 Å². The average Bonchev–Trinajstić information content (AvgIpc) is 2.47. The molecular weight excluding hydrogens is 292 g/mol. The number of rotatable bonds is 3. The molecule has 0 amide bonds. The summed E-state index contributed by atoms with van der Waals surface area (Å²) in [6.07, 6.45) is 0. The number of nitriles is 2. The lowest BCUT2D eigenvalue weighted by atomic mass is 10.1. The van der Waals surface area contributed by atoms with Crippen molar-refractivity contribution in [2.75, 3.05) is 5.32 Å². The Morgan fingerprint density at radius 1 is 1.10 bits per heavy atom. The van der Waals surface area contributed by atoms with E-state index in [0.29, 0.717) is 16.9 Å². The summed E-state index contributed by atoms with van der Waals surface area (Å²) in [5, 5.41) is 31.8. The van der Waals surface area contributed by atoms with E-state index in [1.807, 2.05) is 12.1 Å². The highest BCUT2D eigenvalue weighted by Crippen LogP contribution is 2.27. The highest BCUT2D eigenvalue weighted by Gasteiger charge is 2.11. The van der Waals surface area contributed by atoms with Crippen LogP contribution in [0.5, 0.6) is 0 Å². The van der Waals surface area contributed by atoms with Crippen LogP contribution in [0, 0.1) is 32.8 Å². The van der Waals surface area contributed by atoms with Crippen molar-refractivity contribution in [1.82, 2.24) is 0 Å². The molecule has 21 heavy (non-hydrogen) atoms. The van der Waals surface area contributed by atoms with Gasteiger partial charge in [-0.1, -0.05) is 11.6 Å². The van der Waals surface area contributed by atoms with E-state index in [-0.39, 0.29) is 16.3 Å². The number of anilines is 2. The van der Waals surface area contributed by atoms with Crippen LogP contribution in [-0.4, -0.2) is 4.92 Å². The molecule has 0 aliphatic heterocycles. The summed E-state index contributed by atoms with van der Waals surface area (Å²) in [5.41, 5.74) is 1.32. The highest BCUT2D eigenvalue weighted by atomic mass is 35.5. The van der Waals surface area contributed by atoms with Crippen LogP contribution in [0.1, 0.15) is 11.1 Å². The molecule has 0 saturated carbocycles. The van der Waals surface area contributed by atoms with Crippen molar-refractivity contribution in [1.29, 1.82) is 10.5 Å². The molecule has 2 aromatic carbocycles. The normalized spacial score (nSPS) is 9.48. The summed E-state index contributed by atoms with van der Waals surface area (Å²) >= 11 is 5.92. The molecule has 0 aromatic heterocycles. The number of nitro benzene ring substituents is 1. The minimum absolute atomic E-state index is 0.143. The van der Waals surface area contributed by atoms with Gasteiger partial charge in [0.15, 0.2) is 0 Å². The van der Waals surface area contributed by atoms with Crippen molar-refractivity contribution < 1.29 is 4.92 Å². The second-order valence-corrected chi connectivity index (χ2v) is 4.44. The maximum atomic E-state index is 10.7. The first kappa shape index (κ1) is 14.3. The molecule has 6 nitrogen and oxygen atoms in total. The molecular formula is C14H7ClN4O2. The number of non-ortho nitro benzene ring substituents is 1. The molecule has 0 spiro atoms. The monoisotopic (exact) mass is 298 g/mol. The smallest absolute Gasteiger partial charge is 0.270 e. The van der Waals surface area contributed by atoms with Crippen LogP contribution in [0.15, 0.2) is 36.4 Å². The molecule has 0 heterocycles.